The molecule has 0 bridgehead atoms. The molecule has 0 radical (unpaired) electrons. The average Bonchev–Trinajstić information content (AvgIpc) is 2.40. The topological polar surface area (TPSA) is 38.3 Å². The number of methoxy groups -OCH3 is 1. The number of hydrogen-bond donors (Lipinski definition) is 1. The van der Waals surface area contributed by atoms with Gasteiger partial charge < -0.3 is 10.1 Å². The monoisotopic (exact) mass is 267 g/mol. The van der Waals surface area contributed by atoms with Crippen LogP contribution in [0.4, 0.5) is 4.39 Å². The van der Waals surface area contributed by atoms with Crippen molar-refractivity contribution in [3.63, 3.8) is 0 Å². The summed E-state index contributed by atoms with van der Waals surface area (Å²) in [5.41, 5.74) is 1.01. The summed E-state index contributed by atoms with van der Waals surface area (Å²) < 4.78 is 17.6. The summed E-state index contributed by atoms with van der Waals surface area (Å²) in [6, 6.07) is 6.71. The Morgan fingerprint density at radius 3 is 2.53 bits per heavy atom. The summed E-state index contributed by atoms with van der Waals surface area (Å²) >= 11 is 0. The van der Waals surface area contributed by atoms with Gasteiger partial charge in [0.15, 0.2) is 0 Å². The summed E-state index contributed by atoms with van der Waals surface area (Å²) in [5, 5.41) is 3.40. The van der Waals surface area contributed by atoms with E-state index in [-0.39, 0.29) is 17.8 Å². The van der Waals surface area contributed by atoms with Gasteiger partial charge in [0.1, 0.15) is 5.82 Å². The van der Waals surface area contributed by atoms with Crippen molar-refractivity contribution in [2.24, 2.45) is 0 Å². The third-order valence-electron chi connectivity index (χ3n) is 3.17. The van der Waals surface area contributed by atoms with Crippen molar-refractivity contribution in [1.29, 1.82) is 0 Å². The van der Waals surface area contributed by atoms with E-state index in [0.717, 1.165) is 12.0 Å². The van der Waals surface area contributed by atoms with Gasteiger partial charge >= 0.3 is 5.97 Å². The zero-order chi connectivity index (χ0) is 14.3. The minimum absolute atomic E-state index is 0.00728. The smallest absolute Gasteiger partial charge is 0.307 e. The van der Waals surface area contributed by atoms with Gasteiger partial charge in [-0.15, -0.1) is 0 Å². The normalized spacial score (nSPS) is 13.9. The first-order valence-electron chi connectivity index (χ1n) is 6.62. The summed E-state index contributed by atoms with van der Waals surface area (Å²) in [4.78, 5) is 11.4. The van der Waals surface area contributed by atoms with Crippen LogP contribution < -0.4 is 5.32 Å². The van der Waals surface area contributed by atoms with Crippen LogP contribution in [0.25, 0.3) is 0 Å². The number of carbonyl (C=O) groups excluding carboxylic acids is 1. The highest BCUT2D eigenvalue weighted by Crippen LogP contribution is 2.09. The van der Waals surface area contributed by atoms with Gasteiger partial charge in [0.05, 0.1) is 13.5 Å². The Morgan fingerprint density at radius 1 is 1.37 bits per heavy atom. The molecule has 0 spiro atoms. The Kier molecular flexibility index (Phi) is 6.50. The molecular weight excluding hydrogens is 245 g/mol. The molecule has 19 heavy (non-hydrogen) atoms. The van der Waals surface area contributed by atoms with Gasteiger partial charge in [-0.1, -0.05) is 19.1 Å². The van der Waals surface area contributed by atoms with Crippen LogP contribution >= 0.6 is 0 Å². The van der Waals surface area contributed by atoms with Crippen LogP contribution in [0.2, 0.25) is 0 Å². The summed E-state index contributed by atoms with van der Waals surface area (Å²) in [6.07, 6.45) is 1.99. The van der Waals surface area contributed by atoms with E-state index in [4.69, 9.17) is 4.74 Å². The average molecular weight is 267 g/mol. The van der Waals surface area contributed by atoms with Crippen molar-refractivity contribution in [2.45, 2.75) is 45.2 Å². The molecule has 0 saturated heterocycles. The summed E-state index contributed by atoms with van der Waals surface area (Å²) in [7, 11) is 1.39. The van der Waals surface area contributed by atoms with Gasteiger partial charge in [-0.3, -0.25) is 4.79 Å². The molecule has 3 nitrogen and oxygen atoms in total. The molecule has 1 aromatic carbocycles. The van der Waals surface area contributed by atoms with E-state index in [2.05, 4.69) is 19.2 Å². The molecule has 0 aliphatic heterocycles. The molecule has 0 heterocycles. The molecular formula is C15H22FNO2. The zero-order valence-corrected chi connectivity index (χ0v) is 11.8. The van der Waals surface area contributed by atoms with E-state index in [9.17, 15) is 9.18 Å². The molecule has 0 fully saturated rings. The Labute approximate surface area is 114 Å². The molecule has 0 aliphatic carbocycles. The van der Waals surface area contributed by atoms with Crippen LogP contribution in [0, 0.1) is 5.82 Å². The number of ether oxygens (including phenoxy) is 1. The summed E-state index contributed by atoms with van der Waals surface area (Å²) in [5.74, 6) is -0.480. The van der Waals surface area contributed by atoms with E-state index in [0.29, 0.717) is 18.9 Å². The number of rotatable bonds is 7. The maximum absolute atomic E-state index is 12.9. The van der Waals surface area contributed by atoms with Crippen molar-refractivity contribution in [3.8, 4) is 0 Å². The Morgan fingerprint density at radius 2 is 2.00 bits per heavy atom. The lowest BCUT2D eigenvalue weighted by Crippen LogP contribution is -2.39. The molecule has 106 valence electrons. The van der Waals surface area contributed by atoms with Gasteiger partial charge in [-0.2, -0.15) is 0 Å². The number of esters is 1. The molecule has 1 N–H and O–H groups in total. The van der Waals surface area contributed by atoms with Crippen LogP contribution in [-0.4, -0.2) is 25.2 Å². The Hall–Kier alpha value is -1.42. The highest BCUT2D eigenvalue weighted by Gasteiger charge is 2.16. The van der Waals surface area contributed by atoms with Crippen LogP contribution in [0.5, 0.6) is 0 Å². The van der Waals surface area contributed by atoms with Gasteiger partial charge in [0.25, 0.3) is 0 Å². The SMILES string of the molecule is CCC(C)NC(CC(=O)OC)Cc1ccc(F)cc1. The lowest BCUT2D eigenvalue weighted by molar-refractivity contribution is -0.141. The highest BCUT2D eigenvalue weighted by atomic mass is 19.1. The maximum Gasteiger partial charge on any atom is 0.307 e. The molecule has 2 unspecified atom stereocenters. The van der Waals surface area contributed by atoms with E-state index < -0.39 is 0 Å². The number of carbonyl (C=O) groups is 1. The molecule has 0 aliphatic rings. The van der Waals surface area contributed by atoms with Crippen molar-refractivity contribution in [2.75, 3.05) is 7.11 Å². The van der Waals surface area contributed by atoms with Crippen molar-refractivity contribution in [3.05, 3.63) is 35.6 Å². The minimum atomic E-state index is -0.247. The van der Waals surface area contributed by atoms with Crippen LogP contribution in [0.15, 0.2) is 24.3 Å². The largest absolute Gasteiger partial charge is 0.469 e. The summed E-state index contributed by atoms with van der Waals surface area (Å²) in [6.45, 7) is 4.17. The number of halogens is 1. The molecule has 4 heteroatoms. The van der Waals surface area contributed by atoms with Crippen LogP contribution in [0.1, 0.15) is 32.3 Å². The van der Waals surface area contributed by atoms with E-state index in [1.165, 1.54) is 19.2 Å². The second kappa shape index (κ2) is 7.89. The second-order valence-corrected chi connectivity index (χ2v) is 4.78. The Bertz CT molecular complexity index is 392. The number of nitrogens with one attached hydrogen (secondary N) is 1. The third-order valence-corrected chi connectivity index (χ3v) is 3.17. The molecule has 0 aromatic heterocycles. The molecule has 0 saturated carbocycles. The predicted octanol–water partition coefficient (Wildman–Crippen LogP) is 2.69. The van der Waals surface area contributed by atoms with Crippen molar-refractivity contribution >= 4 is 5.97 Å². The predicted molar refractivity (Wildman–Crippen MR) is 73.4 cm³/mol. The maximum atomic E-state index is 12.9. The molecule has 0 amide bonds. The number of hydrogen-bond acceptors (Lipinski definition) is 3. The van der Waals surface area contributed by atoms with Crippen molar-refractivity contribution in [1.82, 2.24) is 5.32 Å². The van der Waals surface area contributed by atoms with Crippen LogP contribution in [-0.2, 0) is 16.0 Å². The highest BCUT2D eigenvalue weighted by molar-refractivity contribution is 5.70. The van der Waals surface area contributed by atoms with E-state index >= 15 is 0 Å². The standard InChI is InChI=1S/C15H22FNO2/c1-4-11(2)17-14(10-15(18)19-3)9-12-5-7-13(16)8-6-12/h5-8,11,14,17H,4,9-10H2,1-3H3. The lowest BCUT2D eigenvalue weighted by atomic mass is 10.0. The quantitative estimate of drug-likeness (QED) is 0.772. The molecule has 1 aromatic rings. The minimum Gasteiger partial charge on any atom is -0.469 e. The van der Waals surface area contributed by atoms with Gasteiger partial charge in [-0.25, -0.2) is 4.39 Å². The lowest BCUT2D eigenvalue weighted by Gasteiger charge is -2.22. The van der Waals surface area contributed by atoms with E-state index in [1.54, 1.807) is 12.1 Å². The Balaban J connectivity index is 2.66. The fourth-order valence-corrected chi connectivity index (χ4v) is 1.90. The van der Waals surface area contributed by atoms with E-state index in [1.807, 2.05) is 0 Å². The first kappa shape index (κ1) is 15.6. The molecule has 2 atom stereocenters. The first-order valence-corrected chi connectivity index (χ1v) is 6.62. The fraction of sp³-hybridized carbons (Fsp3) is 0.533. The van der Waals surface area contributed by atoms with Gasteiger partial charge in [0, 0.05) is 12.1 Å². The second-order valence-electron chi connectivity index (χ2n) is 4.78. The third kappa shape index (κ3) is 5.83. The van der Waals surface area contributed by atoms with Crippen LogP contribution in [0.3, 0.4) is 0 Å². The van der Waals surface area contributed by atoms with Gasteiger partial charge in [0.2, 0.25) is 0 Å². The van der Waals surface area contributed by atoms with Gasteiger partial charge in [-0.05, 0) is 37.5 Å². The zero-order valence-electron chi connectivity index (χ0n) is 11.8. The van der Waals surface area contributed by atoms with Crippen molar-refractivity contribution < 1.29 is 13.9 Å². The number of benzene rings is 1. The first-order chi connectivity index (χ1) is 9.05. The fourth-order valence-electron chi connectivity index (χ4n) is 1.90. The molecule has 1 rings (SSSR count).